The summed E-state index contributed by atoms with van der Waals surface area (Å²) in [7, 11) is 0. The number of nitriles is 2. The first-order valence-electron chi connectivity index (χ1n) is 4.30. The van der Waals surface area contributed by atoms with Crippen LogP contribution in [-0.2, 0) is 0 Å². The van der Waals surface area contributed by atoms with E-state index >= 15 is 0 Å². The molecule has 0 amide bonds. The maximum Gasteiger partial charge on any atom is 0.151 e. The Kier molecular flexibility index (Phi) is 1.95. The van der Waals surface area contributed by atoms with Gasteiger partial charge in [0.2, 0.25) is 0 Å². The van der Waals surface area contributed by atoms with Crippen LogP contribution >= 0.6 is 11.6 Å². The van der Waals surface area contributed by atoms with Crippen molar-refractivity contribution in [2.45, 2.75) is 12.3 Å². The summed E-state index contributed by atoms with van der Waals surface area (Å²) in [5.74, 6) is 0.0646. The summed E-state index contributed by atoms with van der Waals surface area (Å²) in [5, 5.41) is 18.4. The lowest BCUT2D eigenvalue weighted by Gasteiger charge is -1.99. The molecule has 0 spiro atoms. The first-order chi connectivity index (χ1) is 6.72. The molecule has 1 aromatic rings. The van der Waals surface area contributed by atoms with Crippen LogP contribution in [-0.4, -0.2) is 0 Å². The van der Waals surface area contributed by atoms with Crippen molar-refractivity contribution in [2.24, 2.45) is 5.41 Å². The van der Waals surface area contributed by atoms with Gasteiger partial charge >= 0.3 is 0 Å². The molecule has 0 aromatic heterocycles. The summed E-state index contributed by atoms with van der Waals surface area (Å²) in [6, 6.07) is 11.5. The molecule has 1 aliphatic carbocycles. The molecule has 0 radical (unpaired) electrons. The van der Waals surface area contributed by atoms with Gasteiger partial charge in [0.1, 0.15) is 0 Å². The molecule has 1 unspecified atom stereocenters. The van der Waals surface area contributed by atoms with Crippen LogP contribution in [0.15, 0.2) is 24.3 Å². The largest absolute Gasteiger partial charge is 0.197 e. The van der Waals surface area contributed by atoms with Crippen LogP contribution < -0.4 is 0 Å². The first kappa shape index (κ1) is 9.06. The molecule has 3 heteroatoms. The highest BCUT2D eigenvalue weighted by molar-refractivity contribution is 6.30. The minimum Gasteiger partial charge on any atom is -0.197 e. The molecule has 2 rings (SSSR count). The Bertz CT molecular complexity index is 422. The van der Waals surface area contributed by atoms with Crippen molar-refractivity contribution < 1.29 is 0 Å². The van der Waals surface area contributed by atoms with Gasteiger partial charge in [-0.1, -0.05) is 23.7 Å². The molecule has 1 saturated carbocycles. The second kappa shape index (κ2) is 3.01. The number of benzene rings is 1. The van der Waals surface area contributed by atoms with Crippen molar-refractivity contribution in [3.05, 3.63) is 34.9 Å². The lowest BCUT2D eigenvalue weighted by molar-refractivity contribution is 0.841. The number of rotatable bonds is 1. The maximum absolute atomic E-state index is 8.84. The van der Waals surface area contributed by atoms with Crippen LogP contribution in [0, 0.1) is 28.1 Å². The molecule has 1 aliphatic rings. The summed E-state index contributed by atoms with van der Waals surface area (Å²) < 4.78 is 0. The van der Waals surface area contributed by atoms with E-state index in [-0.39, 0.29) is 5.92 Å². The predicted octanol–water partition coefficient (Wildman–Crippen LogP) is 2.86. The predicted molar refractivity (Wildman–Crippen MR) is 52.5 cm³/mol. The molecule has 2 nitrogen and oxygen atoms in total. The van der Waals surface area contributed by atoms with Crippen LogP contribution in [0.2, 0.25) is 5.02 Å². The van der Waals surface area contributed by atoms with Gasteiger partial charge in [-0.15, -0.1) is 0 Å². The average molecular weight is 203 g/mol. The fourth-order valence-electron chi connectivity index (χ4n) is 1.63. The zero-order valence-electron chi connectivity index (χ0n) is 7.37. The summed E-state index contributed by atoms with van der Waals surface area (Å²) in [4.78, 5) is 0. The molecule has 0 bridgehead atoms. The van der Waals surface area contributed by atoms with Crippen molar-refractivity contribution in [1.29, 1.82) is 10.5 Å². The minimum absolute atomic E-state index is 0.0646. The number of halogens is 1. The van der Waals surface area contributed by atoms with Crippen molar-refractivity contribution in [3.63, 3.8) is 0 Å². The average Bonchev–Trinajstić information content (AvgIpc) is 2.94. The second-order valence-electron chi connectivity index (χ2n) is 3.50. The van der Waals surface area contributed by atoms with Crippen molar-refractivity contribution in [3.8, 4) is 12.1 Å². The van der Waals surface area contributed by atoms with Gasteiger partial charge in [-0.3, -0.25) is 0 Å². The van der Waals surface area contributed by atoms with E-state index in [1.54, 1.807) is 12.1 Å². The third-order valence-electron chi connectivity index (χ3n) is 2.63. The summed E-state index contributed by atoms with van der Waals surface area (Å²) >= 11 is 5.75. The molecule has 68 valence electrons. The van der Waals surface area contributed by atoms with E-state index in [0.717, 1.165) is 5.56 Å². The van der Waals surface area contributed by atoms with Gasteiger partial charge < -0.3 is 0 Å². The van der Waals surface area contributed by atoms with Crippen LogP contribution in [0.3, 0.4) is 0 Å². The Morgan fingerprint density at radius 3 is 2.21 bits per heavy atom. The van der Waals surface area contributed by atoms with Gasteiger partial charge in [0.15, 0.2) is 5.41 Å². The van der Waals surface area contributed by atoms with E-state index in [0.29, 0.717) is 11.4 Å². The van der Waals surface area contributed by atoms with Crippen LogP contribution in [0.1, 0.15) is 17.9 Å². The van der Waals surface area contributed by atoms with Gasteiger partial charge in [0, 0.05) is 10.9 Å². The fraction of sp³-hybridized carbons (Fsp3) is 0.273. The summed E-state index contributed by atoms with van der Waals surface area (Å²) in [6.45, 7) is 0. The topological polar surface area (TPSA) is 47.6 Å². The molecule has 1 aromatic carbocycles. The molecule has 14 heavy (non-hydrogen) atoms. The molecule has 1 atom stereocenters. The quantitative estimate of drug-likeness (QED) is 0.703. The Morgan fingerprint density at radius 2 is 1.79 bits per heavy atom. The molecule has 0 N–H and O–H groups in total. The Morgan fingerprint density at radius 1 is 1.21 bits per heavy atom. The van der Waals surface area contributed by atoms with Gasteiger partial charge in [0.05, 0.1) is 12.1 Å². The first-order valence-corrected chi connectivity index (χ1v) is 4.67. The smallest absolute Gasteiger partial charge is 0.151 e. The highest BCUT2D eigenvalue weighted by Crippen LogP contribution is 2.58. The van der Waals surface area contributed by atoms with Crippen LogP contribution in [0.4, 0.5) is 0 Å². The van der Waals surface area contributed by atoms with E-state index in [4.69, 9.17) is 22.1 Å². The van der Waals surface area contributed by atoms with E-state index in [1.807, 2.05) is 12.1 Å². The highest BCUT2D eigenvalue weighted by atomic mass is 35.5. The molecule has 1 fully saturated rings. The Balaban J connectivity index is 2.26. The normalized spacial score (nSPS) is 22.1. The maximum atomic E-state index is 8.84. The van der Waals surface area contributed by atoms with Crippen molar-refractivity contribution >= 4 is 11.6 Å². The SMILES string of the molecule is N#CC1(C#N)CC1c1ccc(Cl)cc1. The van der Waals surface area contributed by atoms with Gasteiger partial charge in [-0.25, -0.2) is 0 Å². The number of hydrogen-bond donors (Lipinski definition) is 0. The van der Waals surface area contributed by atoms with E-state index < -0.39 is 5.41 Å². The molecule has 0 aliphatic heterocycles. The van der Waals surface area contributed by atoms with Crippen LogP contribution in [0.5, 0.6) is 0 Å². The minimum atomic E-state index is -0.784. The van der Waals surface area contributed by atoms with Gasteiger partial charge in [0.25, 0.3) is 0 Å². The summed E-state index contributed by atoms with van der Waals surface area (Å²) in [5.41, 5.74) is 0.242. The fourth-order valence-corrected chi connectivity index (χ4v) is 1.76. The van der Waals surface area contributed by atoms with Crippen LogP contribution in [0.25, 0.3) is 0 Å². The standard InChI is InChI=1S/C11H7ClN2/c12-9-3-1-8(2-4-9)10-5-11(10,6-13)7-14/h1-4,10H,5H2. The molecule has 0 saturated heterocycles. The monoisotopic (exact) mass is 202 g/mol. The Labute approximate surface area is 87.3 Å². The zero-order valence-corrected chi connectivity index (χ0v) is 8.12. The summed E-state index contributed by atoms with van der Waals surface area (Å²) in [6.07, 6.45) is 0.641. The number of nitrogens with zero attached hydrogens (tertiary/aromatic N) is 2. The second-order valence-corrected chi connectivity index (χ2v) is 3.94. The highest BCUT2D eigenvalue weighted by Gasteiger charge is 2.56. The molecule has 0 heterocycles. The van der Waals surface area contributed by atoms with E-state index in [9.17, 15) is 0 Å². The lowest BCUT2D eigenvalue weighted by atomic mass is 10.0. The third-order valence-corrected chi connectivity index (χ3v) is 2.88. The van der Waals surface area contributed by atoms with Gasteiger partial charge in [-0.05, 0) is 24.1 Å². The van der Waals surface area contributed by atoms with E-state index in [1.165, 1.54) is 0 Å². The van der Waals surface area contributed by atoms with Crippen molar-refractivity contribution in [1.82, 2.24) is 0 Å². The zero-order chi connectivity index (χ0) is 10.2. The van der Waals surface area contributed by atoms with Gasteiger partial charge in [-0.2, -0.15) is 10.5 Å². The lowest BCUT2D eigenvalue weighted by Crippen LogP contribution is -1.95. The number of hydrogen-bond acceptors (Lipinski definition) is 2. The molecular formula is C11H7ClN2. The van der Waals surface area contributed by atoms with E-state index in [2.05, 4.69) is 12.1 Å². The molecular weight excluding hydrogens is 196 g/mol. The third kappa shape index (κ3) is 1.25. The van der Waals surface area contributed by atoms with Crippen molar-refractivity contribution in [2.75, 3.05) is 0 Å². The Hall–Kier alpha value is -1.51.